The van der Waals surface area contributed by atoms with Crippen LogP contribution in [0.2, 0.25) is 0 Å². The summed E-state index contributed by atoms with van der Waals surface area (Å²) in [4.78, 5) is 16.8. The minimum absolute atomic E-state index is 0.275. The average molecular weight is 338 g/mol. The zero-order valence-corrected chi connectivity index (χ0v) is 13.7. The summed E-state index contributed by atoms with van der Waals surface area (Å²) in [5.41, 5.74) is 2.05. The molecule has 0 unspecified atom stereocenters. The molecule has 24 heavy (non-hydrogen) atoms. The van der Waals surface area contributed by atoms with Gasteiger partial charge in [-0.3, -0.25) is 10.1 Å². The van der Waals surface area contributed by atoms with Gasteiger partial charge in [-0.05, 0) is 43.3 Å². The number of thiazole rings is 1. The van der Waals surface area contributed by atoms with Gasteiger partial charge in [0.2, 0.25) is 0 Å². The van der Waals surface area contributed by atoms with E-state index in [1.54, 1.807) is 16.8 Å². The quantitative estimate of drug-likeness (QED) is 0.617. The Balaban J connectivity index is 1.59. The van der Waals surface area contributed by atoms with Crippen molar-refractivity contribution in [2.75, 3.05) is 11.9 Å². The number of carbonyl (C=O) groups excluding carboxylic acids is 1. The second-order valence-electron chi connectivity index (χ2n) is 5.14. The van der Waals surface area contributed by atoms with E-state index < -0.39 is 0 Å². The molecule has 0 aliphatic rings. The molecule has 0 aliphatic carbocycles. The molecule has 7 heteroatoms. The number of hydrogen-bond acceptors (Lipinski definition) is 5. The Morgan fingerprint density at radius 1 is 1.29 bits per heavy atom. The van der Waals surface area contributed by atoms with Crippen molar-refractivity contribution in [1.82, 2.24) is 14.6 Å². The Morgan fingerprint density at radius 2 is 2.21 bits per heavy atom. The monoisotopic (exact) mass is 338 g/mol. The summed E-state index contributed by atoms with van der Waals surface area (Å²) in [6.07, 6.45) is 1.80. The van der Waals surface area contributed by atoms with Crippen LogP contribution in [-0.4, -0.2) is 27.1 Å². The van der Waals surface area contributed by atoms with Crippen molar-refractivity contribution in [1.29, 1.82) is 0 Å². The number of pyridine rings is 1. The molecule has 3 aromatic heterocycles. The molecule has 0 radical (unpaired) electrons. The van der Waals surface area contributed by atoms with Gasteiger partial charge in [-0.1, -0.05) is 17.4 Å². The van der Waals surface area contributed by atoms with Crippen LogP contribution in [-0.2, 0) is 0 Å². The first-order chi connectivity index (χ1) is 11.7. The molecule has 6 nitrogen and oxygen atoms in total. The molecule has 0 fully saturated rings. The lowest BCUT2D eigenvalue weighted by Gasteiger charge is -2.00. The Labute approximate surface area is 141 Å². The normalized spacial score (nSPS) is 11.0. The molecular formula is C17H14N4O2S. The lowest BCUT2D eigenvalue weighted by atomic mass is 10.3. The van der Waals surface area contributed by atoms with E-state index in [4.69, 9.17) is 4.74 Å². The van der Waals surface area contributed by atoms with E-state index in [0.29, 0.717) is 17.4 Å². The van der Waals surface area contributed by atoms with Crippen LogP contribution in [0.25, 0.3) is 15.7 Å². The van der Waals surface area contributed by atoms with E-state index in [0.717, 1.165) is 21.5 Å². The van der Waals surface area contributed by atoms with Gasteiger partial charge >= 0.3 is 0 Å². The number of nitrogens with one attached hydrogen (secondary N) is 1. The Morgan fingerprint density at radius 3 is 3.04 bits per heavy atom. The number of hydrogen-bond donors (Lipinski definition) is 1. The zero-order valence-electron chi connectivity index (χ0n) is 12.9. The molecule has 1 N–H and O–H groups in total. The lowest BCUT2D eigenvalue weighted by molar-refractivity contribution is 0.102. The average Bonchev–Trinajstić information content (AvgIpc) is 3.17. The van der Waals surface area contributed by atoms with Gasteiger partial charge in [-0.25, -0.2) is 9.50 Å². The van der Waals surface area contributed by atoms with Crippen molar-refractivity contribution in [3.63, 3.8) is 0 Å². The highest BCUT2D eigenvalue weighted by molar-refractivity contribution is 7.22. The van der Waals surface area contributed by atoms with Crippen LogP contribution in [0.5, 0.6) is 5.75 Å². The third-order valence-electron chi connectivity index (χ3n) is 3.49. The molecule has 4 rings (SSSR count). The van der Waals surface area contributed by atoms with Crippen LogP contribution in [0.1, 0.15) is 17.4 Å². The topological polar surface area (TPSA) is 68.5 Å². The van der Waals surface area contributed by atoms with Gasteiger partial charge in [0.25, 0.3) is 5.91 Å². The van der Waals surface area contributed by atoms with Crippen LogP contribution >= 0.6 is 11.3 Å². The third-order valence-corrected chi connectivity index (χ3v) is 4.43. The highest BCUT2D eigenvalue weighted by Gasteiger charge is 2.13. The van der Waals surface area contributed by atoms with Gasteiger partial charge in [0.05, 0.1) is 22.3 Å². The van der Waals surface area contributed by atoms with E-state index >= 15 is 0 Å². The maximum atomic E-state index is 12.4. The summed E-state index contributed by atoms with van der Waals surface area (Å²) in [5.74, 6) is 0.523. The minimum Gasteiger partial charge on any atom is -0.494 e. The number of benzene rings is 1. The zero-order chi connectivity index (χ0) is 16.5. The predicted molar refractivity (Wildman–Crippen MR) is 93.9 cm³/mol. The molecule has 0 aliphatic heterocycles. The number of ether oxygens (including phenoxy) is 1. The van der Waals surface area contributed by atoms with Crippen LogP contribution < -0.4 is 10.1 Å². The fraction of sp³-hybridized carbons (Fsp3) is 0.118. The Kier molecular flexibility index (Phi) is 3.62. The molecule has 0 bridgehead atoms. The van der Waals surface area contributed by atoms with Crippen LogP contribution in [0.15, 0.2) is 48.7 Å². The maximum absolute atomic E-state index is 12.4. The summed E-state index contributed by atoms with van der Waals surface area (Å²) < 4.78 is 8.12. The Bertz CT molecular complexity index is 1000. The van der Waals surface area contributed by atoms with Crippen molar-refractivity contribution in [3.05, 3.63) is 54.4 Å². The van der Waals surface area contributed by atoms with E-state index in [1.807, 2.05) is 43.3 Å². The maximum Gasteiger partial charge on any atom is 0.277 e. The fourth-order valence-electron chi connectivity index (χ4n) is 2.43. The highest BCUT2D eigenvalue weighted by Crippen LogP contribution is 2.29. The van der Waals surface area contributed by atoms with Gasteiger partial charge in [0.1, 0.15) is 5.75 Å². The predicted octanol–water partition coefficient (Wildman–Crippen LogP) is 3.60. The number of aromatic nitrogens is 3. The van der Waals surface area contributed by atoms with E-state index in [1.165, 1.54) is 11.3 Å². The first-order valence-electron chi connectivity index (χ1n) is 7.52. The van der Waals surface area contributed by atoms with E-state index in [-0.39, 0.29) is 5.91 Å². The minimum atomic E-state index is -0.275. The number of rotatable bonds is 4. The largest absolute Gasteiger partial charge is 0.494 e. The molecule has 120 valence electrons. The summed E-state index contributed by atoms with van der Waals surface area (Å²) >= 11 is 1.41. The second-order valence-corrected chi connectivity index (χ2v) is 6.17. The van der Waals surface area contributed by atoms with Crippen molar-refractivity contribution >= 4 is 38.1 Å². The summed E-state index contributed by atoms with van der Waals surface area (Å²) in [7, 11) is 0. The molecule has 1 aromatic carbocycles. The molecule has 0 saturated carbocycles. The highest BCUT2D eigenvalue weighted by atomic mass is 32.1. The Hall–Kier alpha value is -2.93. The number of amides is 1. The summed E-state index contributed by atoms with van der Waals surface area (Å²) in [5, 5.41) is 7.62. The van der Waals surface area contributed by atoms with Gasteiger partial charge in [-0.2, -0.15) is 5.10 Å². The molecule has 4 aromatic rings. The smallest absolute Gasteiger partial charge is 0.277 e. The van der Waals surface area contributed by atoms with Crippen LogP contribution in [0, 0.1) is 0 Å². The van der Waals surface area contributed by atoms with Crippen LogP contribution in [0.3, 0.4) is 0 Å². The van der Waals surface area contributed by atoms with Crippen molar-refractivity contribution in [3.8, 4) is 5.75 Å². The molecule has 0 atom stereocenters. The number of carbonyl (C=O) groups is 1. The molecule has 3 heterocycles. The molecule has 1 amide bonds. The lowest BCUT2D eigenvalue weighted by Crippen LogP contribution is -2.12. The first kappa shape index (κ1) is 14.6. The van der Waals surface area contributed by atoms with E-state index in [9.17, 15) is 4.79 Å². The number of fused-ring (bicyclic) bond motifs is 2. The summed E-state index contributed by atoms with van der Waals surface area (Å²) in [6.45, 7) is 2.55. The standard InChI is InChI=1S/C17H14N4O2S/c1-2-23-12-6-7-13-15(10-12)24-17(18-13)19-16(22)14-9-11-5-3-4-8-21(11)20-14/h3-10H,2H2,1H3,(H,18,19,22). The molecule has 0 spiro atoms. The van der Waals surface area contributed by atoms with Crippen LogP contribution in [0.4, 0.5) is 5.13 Å². The fourth-order valence-corrected chi connectivity index (χ4v) is 3.31. The summed E-state index contributed by atoms with van der Waals surface area (Å²) in [6, 6.07) is 13.1. The van der Waals surface area contributed by atoms with Gasteiger partial charge < -0.3 is 4.74 Å². The first-order valence-corrected chi connectivity index (χ1v) is 8.34. The number of nitrogens with zero attached hydrogens (tertiary/aromatic N) is 3. The second kappa shape index (κ2) is 5.93. The van der Waals surface area contributed by atoms with Gasteiger partial charge in [0, 0.05) is 6.20 Å². The third kappa shape index (κ3) is 2.69. The SMILES string of the molecule is CCOc1ccc2nc(NC(=O)c3cc4ccccn4n3)sc2c1. The van der Waals surface area contributed by atoms with Gasteiger partial charge in [-0.15, -0.1) is 0 Å². The van der Waals surface area contributed by atoms with Crippen molar-refractivity contribution in [2.24, 2.45) is 0 Å². The van der Waals surface area contributed by atoms with Crippen molar-refractivity contribution < 1.29 is 9.53 Å². The molecular weight excluding hydrogens is 324 g/mol. The van der Waals surface area contributed by atoms with Gasteiger partial charge in [0.15, 0.2) is 10.8 Å². The molecule has 0 saturated heterocycles. The van der Waals surface area contributed by atoms with Crippen molar-refractivity contribution in [2.45, 2.75) is 6.92 Å². The number of anilines is 1. The van der Waals surface area contributed by atoms with E-state index in [2.05, 4.69) is 15.4 Å².